The second kappa shape index (κ2) is 4.52. The molecule has 20 heavy (non-hydrogen) atoms. The summed E-state index contributed by atoms with van der Waals surface area (Å²) >= 11 is 0. The van der Waals surface area contributed by atoms with Gasteiger partial charge < -0.3 is 4.90 Å². The van der Waals surface area contributed by atoms with Crippen molar-refractivity contribution in [1.82, 2.24) is 10.2 Å². The van der Waals surface area contributed by atoms with Crippen LogP contribution in [0.4, 0.5) is 8.78 Å². The molecule has 1 saturated heterocycles. The van der Waals surface area contributed by atoms with Crippen LogP contribution < -0.4 is 5.32 Å². The fourth-order valence-electron chi connectivity index (χ4n) is 2.91. The highest BCUT2D eigenvalue weighted by atomic mass is 19.3. The number of alkyl halides is 2. The molecule has 1 heterocycles. The molecule has 2 aliphatic rings. The lowest BCUT2D eigenvalue weighted by molar-refractivity contribution is -0.132. The summed E-state index contributed by atoms with van der Waals surface area (Å²) in [6.45, 7) is 3.40. The molecule has 1 aliphatic heterocycles. The fraction of sp³-hybridized carbons (Fsp3) is 0.533. The van der Waals surface area contributed by atoms with Crippen molar-refractivity contribution in [3.63, 3.8) is 0 Å². The van der Waals surface area contributed by atoms with Gasteiger partial charge in [0.25, 0.3) is 6.43 Å². The predicted molar refractivity (Wildman–Crippen MR) is 71.5 cm³/mol. The smallest absolute Gasteiger partial charge is 0.255 e. The molecule has 1 N–H and O–H groups in total. The van der Waals surface area contributed by atoms with E-state index >= 15 is 0 Å². The number of nitrogens with one attached hydrogen (secondary N) is 1. The molecule has 1 saturated carbocycles. The number of nitrogens with zero attached hydrogens (tertiary/aromatic N) is 1. The second-order valence-corrected chi connectivity index (χ2v) is 5.84. The first-order chi connectivity index (χ1) is 9.43. The van der Waals surface area contributed by atoms with Crippen molar-refractivity contribution in [3.8, 4) is 0 Å². The Labute approximate surface area is 117 Å². The minimum Gasteiger partial charge on any atom is -0.316 e. The SMILES string of the molecule is Cc1ccc(C)c(C2NC3(CC3)C(=O)N2CC(F)F)c1. The van der Waals surface area contributed by atoms with Crippen LogP contribution in [0.2, 0.25) is 0 Å². The second-order valence-electron chi connectivity index (χ2n) is 5.84. The zero-order valence-corrected chi connectivity index (χ0v) is 11.6. The lowest BCUT2D eigenvalue weighted by Crippen LogP contribution is -2.35. The van der Waals surface area contributed by atoms with Crippen molar-refractivity contribution in [2.24, 2.45) is 0 Å². The molecule has 1 atom stereocenters. The third kappa shape index (κ3) is 2.10. The average molecular weight is 280 g/mol. The third-order valence-corrected chi connectivity index (χ3v) is 4.21. The summed E-state index contributed by atoms with van der Waals surface area (Å²) < 4.78 is 25.6. The first kappa shape index (κ1) is 13.5. The van der Waals surface area contributed by atoms with Gasteiger partial charge in [0, 0.05) is 0 Å². The van der Waals surface area contributed by atoms with E-state index in [-0.39, 0.29) is 5.91 Å². The van der Waals surface area contributed by atoms with Crippen LogP contribution in [0.5, 0.6) is 0 Å². The maximum absolute atomic E-state index is 12.8. The first-order valence-corrected chi connectivity index (χ1v) is 6.87. The number of carbonyl (C=O) groups is 1. The molecule has 1 aromatic rings. The van der Waals surface area contributed by atoms with Crippen molar-refractivity contribution in [3.05, 3.63) is 34.9 Å². The Bertz CT molecular complexity index is 555. The summed E-state index contributed by atoms with van der Waals surface area (Å²) in [4.78, 5) is 13.6. The Hall–Kier alpha value is -1.49. The molecule has 1 aromatic carbocycles. The van der Waals surface area contributed by atoms with Gasteiger partial charge >= 0.3 is 0 Å². The van der Waals surface area contributed by atoms with Crippen LogP contribution in [0.1, 0.15) is 35.7 Å². The van der Waals surface area contributed by atoms with E-state index in [4.69, 9.17) is 0 Å². The predicted octanol–water partition coefficient (Wildman–Crippen LogP) is 2.53. The molecule has 3 rings (SSSR count). The fourth-order valence-corrected chi connectivity index (χ4v) is 2.91. The first-order valence-electron chi connectivity index (χ1n) is 6.87. The molecule has 1 unspecified atom stereocenters. The lowest BCUT2D eigenvalue weighted by atomic mass is 10.0. The van der Waals surface area contributed by atoms with Crippen LogP contribution in [0.3, 0.4) is 0 Å². The van der Waals surface area contributed by atoms with Gasteiger partial charge in [0.05, 0.1) is 6.54 Å². The van der Waals surface area contributed by atoms with E-state index in [2.05, 4.69) is 5.32 Å². The normalized spacial score (nSPS) is 23.9. The van der Waals surface area contributed by atoms with Crippen molar-refractivity contribution in [2.45, 2.75) is 44.8 Å². The summed E-state index contributed by atoms with van der Waals surface area (Å²) in [7, 11) is 0. The van der Waals surface area contributed by atoms with E-state index in [0.29, 0.717) is 0 Å². The number of halogens is 2. The monoisotopic (exact) mass is 280 g/mol. The average Bonchev–Trinajstić information content (AvgIpc) is 3.11. The maximum atomic E-state index is 12.8. The van der Waals surface area contributed by atoms with Crippen LogP contribution in [0.15, 0.2) is 18.2 Å². The Balaban J connectivity index is 1.97. The lowest BCUT2D eigenvalue weighted by Gasteiger charge is -2.25. The summed E-state index contributed by atoms with van der Waals surface area (Å²) in [5.74, 6) is -0.177. The maximum Gasteiger partial charge on any atom is 0.255 e. The molecule has 2 fully saturated rings. The number of benzene rings is 1. The van der Waals surface area contributed by atoms with Crippen LogP contribution >= 0.6 is 0 Å². The summed E-state index contributed by atoms with van der Waals surface area (Å²) in [6, 6.07) is 5.93. The zero-order valence-electron chi connectivity index (χ0n) is 11.6. The van der Waals surface area contributed by atoms with E-state index in [1.807, 2.05) is 32.0 Å². The molecular formula is C15H18F2N2O. The molecule has 0 bridgehead atoms. The van der Waals surface area contributed by atoms with Crippen molar-refractivity contribution >= 4 is 5.91 Å². The summed E-state index contributed by atoms with van der Waals surface area (Å²) in [5.41, 5.74) is 2.42. The number of amides is 1. The number of carbonyl (C=O) groups excluding carboxylic acids is 1. The molecule has 1 aliphatic carbocycles. The summed E-state index contributed by atoms with van der Waals surface area (Å²) in [5, 5.41) is 3.27. The highest BCUT2D eigenvalue weighted by Gasteiger charge is 2.59. The van der Waals surface area contributed by atoms with Crippen LogP contribution in [0.25, 0.3) is 0 Å². The Morgan fingerprint density at radius 2 is 2.10 bits per heavy atom. The van der Waals surface area contributed by atoms with Gasteiger partial charge in [0.15, 0.2) is 0 Å². The van der Waals surface area contributed by atoms with E-state index in [9.17, 15) is 13.6 Å². The molecule has 5 heteroatoms. The van der Waals surface area contributed by atoms with Crippen LogP contribution in [-0.2, 0) is 4.79 Å². The molecule has 0 radical (unpaired) electrons. The molecule has 1 amide bonds. The number of hydrogen-bond donors (Lipinski definition) is 1. The Morgan fingerprint density at radius 3 is 2.70 bits per heavy atom. The Kier molecular flexibility index (Phi) is 3.05. The van der Waals surface area contributed by atoms with E-state index < -0.39 is 24.7 Å². The minimum absolute atomic E-state index is 0.177. The Morgan fingerprint density at radius 1 is 1.40 bits per heavy atom. The van der Waals surface area contributed by atoms with Gasteiger partial charge in [0.1, 0.15) is 11.7 Å². The molecule has 1 spiro atoms. The highest BCUT2D eigenvalue weighted by Crippen LogP contribution is 2.46. The van der Waals surface area contributed by atoms with Gasteiger partial charge in [-0.05, 0) is 37.8 Å². The van der Waals surface area contributed by atoms with Gasteiger partial charge in [-0.1, -0.05) is 23.8 Å². The van der Waals surface area contributed by atoms with E-state index in [1.165, 1.54) is 4.90 Å². The van der Waals surface area contributed by atoms with Crippen LogP contribution in [-0.4, -0.2) is 29.3 Å². The van der Waals surface area contributed by atoms with E-state index in [1.54, 1.807) is 0 Å². The largest absolute Gasteiger partial charge is 0.316 e. The van der Waals surface area contributed by atoms with Gasteiger partial charge in [-0.15, -0.1) is 0 Å². The van der Waals surface area contributed by atoms with Gasteiger partial charge in [-0.25, -0.2) is 8.78 Å². The quantitative estimate of drug-likeness (QED) is 0.922. The molecule has 3 nitrogen and oxygen atoms in total. The molecular weight excluding hydrogens is 262 g/mol. The van der Waals surface area contributed by atoms with Crippen molar-refractivity contribution in [1.29, 1.82) is 0 Å². The van der Waals surface area contributed by atoms with Crippen molar-refractivity contribution < 1.29 is 13.6 Å². The van der Waals surface area contributed by atoms with E-state index in [0.717, 1.165) is 29.5 Å². The number of aryl methyl sites for hydroxylation is 2. The number of hydrogen-bond acceptors (Lipinski definition) is 2. The molecule has 0 aromatic heterocycles. The highest BCUT2D eigenvalue weighted by molar-refractivity contribution is 5.92. The number of rotatable bonds is 3. The van der Waals surface area contributed by atoms with Crippen molar-refractivity contribution in [2.75, 3.05) is 6.54 Å². The van der Waals surface area contributed by atoms with Gasteiger partial charge in [-0.2, -0.15) is 0 Å². The molecule has 108 valence electrons. The minimum atomic E-state index is -2.51. The summed E-state index contributed by atoms with van der Waals surface area (Å²) in [6.07, 6.45) is -1.46. The van der Waals surface area contributed by atoms with Gasteiger partial charge in [-0.3, -0.25) is 10.1 Å². The standard InChI is InChI=1S/C15H18F2N2O/c1-9-3-4-10(2)11(7-9)13-18-15(5-6-15)14(20)19(13)8-12(16)17/h3-4,7,12-13,18H,5-6,8H2,1-2H3. The van der Waals surface area contributed by atoms with Gasteiger partial charge in [0.2, 0.25) is 5.91 Å². The zero-order chi connectivity index (χ0) is 14.5. The van der Waals surface area contributed by atoms with Crippen LogP contribution in [0, 0.1) is 13.8 Å². The third-order valence-electron chi connectivity index (χ3n) is 4.21. The topological polar surface area (TPSA) is 32.3 Å².